The Kier molecular flexibility index (Phi) is 4.81. The van der Waals surface area contributed by atoms with Crippen LogP contribution in [0, 0.1) is 12.8 Å². The molecule has 0 fully saturated rings. The van der Waals surface area contributed by atoms with Crippen LogP contribution in [0.4, 0.5) is 0 Å². The quantitative estimate of drug-likeness (QED) is 0.913. The van der Waals surface area contributed by atoms with Gasteiger partial charge in [-0.3, -0.25) is 4.79 Å². The molecule has 0 aliphatic carbocycles. The van der Waals surface area contributed by atoms with E-state index in [1.165, 1.54) is 0 Å². The molecule has 2 heterocycles. The molecule has 1 aromatic carbocycles. The first-order valence-corrected chi connectivity index (χ1v) is 8.49. The van der Waals surface area contributed by atoms with Crippen LogP contribution in [0.3, 0.4) is 0 Å². The van der Waals surface area contributed by atoms with Crippen LogP contribution in [0.15, 0.2) is 23.6 Å². The Labute approximate surface area is 139 Å². The standard InChI is InChI=1S/C17H20N2O3S/c1-11-19-14(10-23-11)6-17(20)18-8-12-5-13-3-4-15(21-2)7-16(13)22-9-12/h3-4,7,10,12H,5-6,8-9H2,1-2H3,(H,18,20)/t12-/m0/s1. The summed E-state index contributed by atoms with van der Waals surface area (Å²) in [4.78, 5) is 16.3. The van der Waals surface area contributed by atoms with Crippen LogP contribution in [0.1, 0.15) is 16.3 Å². The monoisotopic (exact) mass is 332 g/mol. The molecule has 5 nitrogen and oxygen atoms in total. The fourth-order valence-corrected chi connectivity index (χ4v) is 3.26. The van der Waals surface area contributed by atoms with Crippen LogP contribution in [0.2, 0.25) is 0 Å². The van der Waals surface area contributed by atoms with Crippen LogP contribution in [0.25, 0.3) is 0 Å². The summed E-state index contributed by atoms with van der Waals surface area (Å²) in [5.41, 5.74) is 1.99. The second-order valence-electron chi connectivity index (χ2n) is 5.69. The molecule has 3 rings (SSSR count). The van der Waals surface area contributed by atoms with Crippen molar-refractivity contribution < 1.29 is 14.3 Å². The topological polar surface area (TPSA) is 60.5 Å². The number of carbonyl (C=O) groups excluding carboxylic acids is 1. The lowest BCUT2D eigenvalue weighted by Crippen LogP contribution is -2.35. The third-order valence-corrected chi connectivity index (χ3v) is 4.68. The third kappa shape index (κ3) is 4.01. The fraction of sp³-hybridized carbons (Fsp3) is 0.412. The highest BCUT2D eigenvalue weighted by molar-refractivity contribution is 7.09. The smallest absolute Gasteiger partial charge is 0.226 e. The van der Waals surface area contributed by atoms with Crippen LogP contribution in [0.5, 0.6) is 11.5 Å². The SMILES string of the molecule is COc1ccc2c(c1)OC[C@H](CNC(=O)Cc1csc(C)n1)C2. The van der Waals surface area contributed by atoms with E-state index < -0.39 is 0 Å². The summed E-state index contributed by atoms with van der Waals surface area (Å²) in [5.74, 6) is 1.98. The van der Waals surface area contributed by atoms with E-state index in [1.807, 2.05) is 30.5 Å². The van der Waals surface area contributed by atoms with E-state index in [0.29, 0.717) is 19.6 Å². The van der Waals surface area contributed by atoms with Crippen molar-refractivity contribution in [2.45, 2.75) is 19.8 Å². The van der Waals surface area contributed by atoms with Crippen molar-refractivity contribution in [2.75, 3.05) is 20.3 Å². The highest BCUT2D eigenvalue weighted by Crippen LogP contribution is 2.30. The number of methoxy groups -OCH3 is 1. The largest absolute Gasteiger partial charge is 0.497 e. The van der Waals surface area contributed by atoms with Crippen molar-refractivity contribution in [1.82, 2.24) is 10.3 Å². The van der Waals surface area contributed by atoms with Gasteiger partial charge in [-0.2, -0.15) is 0 Å². The lowest BCUT2D eigenvalue weighted by atomic mass is 9.96. The van der Waals surface area contributed by atoms with E-state index >= 15 is 0 Å². The van der Waals surface area contributed by atoms with Crippen LogP contribution < -0.4 is 14.8 Å². The summed E-state index contributed by atoms with van der Waals surface area (Å²) in [6.07, 6.45) is 1.24. The minimum atomic E-state index is 0.0100. The van der Waals surface area contributed by atoms with E-state index in [0.717, 1.165) is 34.2 Å². The molecule has 2 aromatic rings. The van der Waals surface area contributed by atoms with Crippen molar-refractivity contribution >= 4 is 17.2 Å². The molecule has 1 N–H and O–H groups in total. The van der Waals surface area contributed by atoms with E-state index in [4.69, 9.17) is 9.47 Å². The lowest BCUT2D eigenvalue weighted by Gasteiger charge is -2.25. The molecule has 6 heteroatoms. The molecular weight excluding hydrogens is 312 g/mol. The normalized spacial score (nSPS) is 16.3. The van der Waals surface area contributed by atoms with E-state index in [1.54, 1.807) is 18.4 Å². The first-order chi connectivity index (χ1) is 11.1. The molecule has 1 aliphatic rings. The second kappa shape index (κ2) is 7.00. The molecule has 1 amide bonds. The summed E-state index contributed by atoms with van der Waals surface area (Å²) in [5, 5.41) is 5.90. The number of carbonyl (C=O) groups is 1. The van der Waals surface area contributed by atoms with Gasteiger partial charge in [-0.15, -0.1) is 11.3 Å². The summed E-state index contributed by atoms with van der Waals surface area (Å²) < 4.78 is 11.0. The average molecular weight is 332 g/mol. The van der Waals surface area contributed by atoms with Gasteiger partial charge in [0.2, 0.25) is 5.91 Å². The molecule has 1 aliphatic heterocycles. The Hall–Kier alpha value is -2.08. The predicted octanol–water partition coefficient (Wildman–Crippen LogP) is 2.37. The highest BCUT2D eigenvalue weighted by atomic mass is 32.1. The summed E-state index contributed by atoms with van der Waals surface area (Å²) in [7, 11) is 1.65. The molecule has 0 saturated heterocycles. The van der Waals surface area contributed by atoms with E-state index in [-0.39, 0.29) is 11.8 Å². The number of hydrogen-bond donors (Lipinski definition) is 1. The molecule has 0 bridgehead atoms. The number of aryl methyl sites for hydroxylation is 1. The van der Waals surface area contributed by atoms with E-state index in [9.17, 15) is 4.79 Å². The average Bonchev–Trinajstić information content (AvgIpc) is 2.97. The van der Waals surface area contributed by atoms with Crippen molar-refractivity contribution in [3.05, 3.63) is 39.8 Å². The number of ether oxygens (including phenoxy) is 2. The molecule has 0 saturated carbocycles. The Balaban J connectivity index is 1.50. The molecule has 122 valence electrons. The van der Waals surface area contributed by atoms with Gasteiger partial charge in [0, 0.05) is 23.9 Å². The molecule has 23 heavy (non-hydrogen) atoms. The number of nitrogens with zero attached hydrogens (tertiary/aromatic N) is 1. The van der Waals surface area contributed by atoms with Crippen LogP contribution in [-0.2, 0) is 17.6 Å². The van der Waals surface area contributed by atoms with Gasteiger partial charge in [0.05, 0.1) is 30.8 Å². The van der Waals surface area contributed by atoms with Crippen molar-refractivity contribution in [1.29, 1.82) is 0 Å². The Morgan fingerprint density at radius 3 is 3.13 bits per heavy atom. The number of amides is 1. The predicted molar refractivity (Wildman–Crippen MR) is 89.2 cm³/mol. The van der Waals surface area contributed by atoms with Crippen molar-refractivity contribution in [3.8, 4) is 11.5 Å². The van der Waals surface area contributed by atoms with Gasteiger partial charge < -0.3 is 14.8 Å². The summed E-state index contributed by atoms with van der Waals surface area (Å²) in [6.45, 7) is 3.17. The number of fused-ring (bicyclic) bond motifs is 1. The first kappa shape index (κ1) is 15.8. The first-order valence-electron chi connectivity index (χ1n) is 7.61. The van der Waals surface area contributed by atoms with Gasteiger partial charge >= 0.3 is 0 Å². The maximum Gasteiger partial charge on any atom is 0.226 e. The molecule has 0 spiro atoms. The van der Waals surface area contributed by atoms with Gasteiger partial charge in [-0.1, -0.05) is 6.07 Å². The van der Waals surface area contributed by atoms with Crippen molar-refractivity contribution in [2.24, 2.45) is 5.92 Å². The number of benzene rings is 1. The van der Waals surface area contributed by atoms with Gasteiger partial charge in [0.1, 0.15) is 11.5 Å². The van der Waals surface area contributed by atoms with Gasteiger partial charge in [-0.05, 0) is 25.0 Å². The van der Waals surface area contributed by atoms with Crippen LogP contribution >= 0.6 is 11.3 Å². The minimum Gasteiger partial charge on any atom is -0.497 e. The molecule has 0 radical (unpaired) electrons. The van der Waals surface area contributed by atoms with Gasteiger partial charge in [0.15, 0.2) is 0 Å². The zero-order valence-electron chi connectivity index (χ0n) is 13.3. The zero-order valence-corrected chi connectivity index (χ0v) is 14.1. The van der Waals surface area contributed by atoms with Crippen LogP contribution in [-0.4, -0.2) is 31.2 Å². The molecular formula is C17H20N2O3S. The lowest BCUT2D eigenvalue weighted by molar-refractivity contribution is -0.120. The molecule has 1 aromatic heterocycles. The highest BCUT2D eigenvalue weighted by Gasteiger charge is 2.21. The third-order valence-electron chi connectivity index (χ3n) is 3.85. The number of rotatable bonds is 5. The van der Waals surface area contributed by atoms with E-state index in [2.05, 4.69) is 10.3 Å². The Morgan fingerprint density at radius 1 is 1.52 bits per heavy atom. The molecule has 0 unspecified atom stereocenters. The summed E-state index contributed by atoms with van der Waals surface area (Å²) in [6, 6.07) is 5.88. The van der Waals surface area contributed by atoms with Gasteiger partial charge in [-0.25, -0.2) is 4.98 Å². The number of hydrogen-bond acceptors (Lipinski definition) is 5. The number of thiazole rings is 1. The fourth-order valence-electron chi connectivity index (χ4n) is 2.65. The zero-order chi connectivity index (χ0) is 16.2. The summed E-state index contributed by atoms with van der Waals surface area (Å²) >= 11 is 1.57. The second-order valence-corrected chi connectivity index (χ2v) is 6.76. The Morgan fingerprint density at radius 2 is 2.39 bits per heavy atom. The number of nitrogens with one attached hydrogen (secondary N) is 1. The van der Waals surface area contributed by atoms with Crippen molar-refractivity contribution in [3.63, 3.8) is 0 Å². The maximum atomic E-state index is 12.0. The molecule has 1 atom stereocenters. The van der Waals surface area contributed by atoms with Gasteiger partial charge in [0.25, 0.3) is 0 Å². The maximum absolute atomic E-state index is 12.0. The minimum absolute atomic E-state index is 0.0100. The Bertz CT molecular complexity index is 699. The number of aromatic nitrogens is 1.